The lowest BCUT2D eigenvalue weighted by molar-refractivity contribution is 0.0949. The number of nitrogens with one attached hydrogen (secondary N) is 2. The number of benzene rings is 1. The number of nitrogens with zero attached hydrogens (tertiary/aromatic N) is 2. The molecule has 2 aromatic heterocycles. The quantitative estimate of drug-likeness (QED) is 0.742. The Bertz CT molecular complexity index is 965. The molecule has 3 aromatic rings. The van der Waals surface area contributed by atoms with E-state index in [-0.39, 0.29) is 5.56 Å². The first kappa shape index (κ1) is 17.4. The van der Waals surface area contributed by atoms with Gasteiger partial charge < -0.3 is 15.2 Å². The van der Waals surface area contributed by atoms with Crippen LogP contribution in [0.5, 0.6) is 0 Å². The van der Waals surface area contributed by atoms with Crippen LogP contribution in [0.25, 0.3) is 11.3 Å². The molecule has 1 aromatic carbocycles. The fraction of sp³-hybridized carbons (Fsp3) is 0.150. The highest BCUT2D eigenvalue weighted by Gasteiger charge is 2.13. The normalized spacial score (nSPS) is 10.4. The van der Waals surface area contributed by atoms with Crippen LogP contribution in [0.3, 0.4) is 0 Å². The Balaban J connectivity index is 1.76. The SMILES string of the molecule is CN(C)c1ncccc1CNC(=O)c1ccc(-c2ccccc2)[nH]c1=O. The minimum absolute atomic E-state index is 0.0833. The molecule has 0 radical (unpaired) electrons. The van der Waals surface area contributed by atoms with E-state index in [1.807, 2.05) is 61.5 Å². The van der Waals surface area contributed by atoms with E-state index >= 15 is 0 Å². The van der Waals surface area contributed by atoms with Gasteiger partial charge in [0, 0.05) is 38.1 Å². The largest absolute Gasteiger partial charge is 0.362 e. The summed E-state index contributed by atoms with van der Waals surface area (Å²) in [5.74, 6) is 0.362. The number of pyridine rings is 2. The maximum Gasteiger partial charge on any atom is 0.261 e. The van der Waals surface area contributed by atoms with Crippen molar-refractivity contribution >= 4 is 11.7 Å². The molecule has 0 aliphatic carbocycles. The number of rotatable bonds is 5. The first-order chi connectivity index (χ1) is 12.6. The molecule has 3 rings (SSSR count). The highest BCUT2D eigenvalue weighted by atomic mass is 16.2. The monoisotopic (exact) mass is 348 g/mol. The second kappa shape index (κ2) is 7.65. The van der Waals surface area contributed by atoms with Crippen molar-refractivity contribution in [1.82, 2.24) is 15.3 Å². The van der Waals surface area contributed by atoms with Crippen LogP contribution >= 0.6 is 0 Å². The van der Waals surface area contributed by atoms with Gasteiger partial charge in [-0.2, -0.15) is 0 Å². The second-order valence-electron chi connectivity index (χ2n) is 6.04. The number of aromatic nitrogens is 2. The molecular formula is C20H20N4O2. The van der Waals surface area contributed by atoms with Gasteiger partial charge in [-0.05, 0) is 23.8 Å². The molecule has 26 heavy (non-hydrogen) atoms. The summed E-state index contributed by atoms with van der Waals surface area (Å²) in [6.07, 6.45) is 1.70. The molecule has 2 heterocycles. The zero-order chi connectivity index (χ0) is 18.5. The lowest BCUT2D eigenvalue weighted by Gasteiger charge is -2.16. The fourth-order valence-electron chi connectivity index (χ4n) is 2.68. The van der Waals surface area contributed by atoms with Gasteiger partial charge >= 0.3 is 0 Å². The van der Waals surface area contributed by atoms with Crippen LogP contribution in [0.2, 0.25) is 0 Å². The van der Waals surface area contributed by atoms with Crippen molar-refractivity contribution in [2.24, 2.45) is 0 Å². The van der Waals surface area contributed by atoms with Gasteiger partial charge in [-0.15, -0.1) is 0 Å². The molecule has 6 heteroatoms. The Hall–Kier alpha value is -3.41. The van der Waals surface area contributed by atoms with Gasteiger partial charge in [0.1, 0.15) is 11.4 Å². The molecule has 132 valence electrons. The molecule has 1 amide bonds. The van der Waals surface area contributed by atoms with Crippen molar-refractivity contribution in [1.29, 1.82) is 0 Å². The van der Waals surface area contributed by atoms with Crippen molar-refractivity contribution in [3.63, 3.8) is 0 Å². The summed E-state index contributed by atoms with van der Waals surface area (Å²) >= 11 is 0. The van der Waals surface area contributed by atoms with Crippen LogP contribution in [0.4, 0.5) is 5.82 Å². The van der Waals surface area contributed by atoms with Crippen LogP contribution in [-0.2, 0) is 6.54 Å². The summed E-state index contributed by atoms with van der Waals surface area (Å²) in [5.41, 5.74) is 2.11. The van der Waals surface area contributed by atoms with Crippen molar-refractivity contribution in [2.45, 2.75) is 6.54 Å². The maximum atomic E-state index is 12.4. The average molecular weight is 348 g/mol. The summed E-state index contributed by atoms with van der Waals surface area (Å²) in [6, 6.07) is 16.5. The molecular weight excluding hydrogens is 328 g/mol. The molecule has 2 N–H and O–H groups in total. The number of amides is 1. The average Bonchev–Trinajstić information content (AvgIpc) is 2.67. The Labute approximate surface area is 151 Å². The highest BCUT2D eigenvalue weighted by Crippen LogP contribution is 2.15. The van der Waals surface area contributed by atoms with Gasteiger partial charge in [0.15, 0.2) is 0 Å². The smallest absolute Gasteiger partial charge is 0.261 e. The zero-order valence-electron chi connectivity index (χ0n) is 14.7. The number of carbonyl (C=O) groups excluding carboxylic acids is 1. The fourth-order valence-corrected chi connectivity index (χ4v) is 2.68. The molecule has 0 aliphatic heterocycles. The number of anilines is 1. The van der Waals surface area contributed by atoms with Crippen molar-refractivity contribution in [3.8, 4) is 11.3 Å². The van der Waals surface area contributed by atoms with Gasteiger partial charge in [-0.25, -0.2) is 4.98 Å². The third kappa shape index (κ3) is 3.80. The first-order valence-corrected chi connectivity index (χ1v) is 8.24. The summed E-state index contributed by atoms with van der Waals surface area (Å²) in [4.78, 5) is 33.6. The second-order valence-corrected chi connectivity index (χ2v) is 6.04. The molecule has 0 saturated heterocycles. The lowest BCUT2D eigenvalue weighted by atomic mass is 10.1. The third-order valence-corrected chi connectivity index (χ3v) is 3.97. The van der Waals surface area contributed by atoms with E-state index in [9.17, 15) is 9.59 Å². The first-order valence-electron chi connectivity index (χ1n) is 8.24. The molecule has 0 aliphatic rings. The molecule has 0 fully saturated rings. The van der Waals surface area contributed by atoms with Gasteiger partial charge in [0.25, 0.3) is 11.5 Å². The van der Waals surface area contributed by atoms with E-state index in [1.54, 1.807) is 18.3 Å². The van der Waals surface area contributed by atoms with Crippen molar-refractivity contribution < 1.29 is 4.79 Å². The van der Waals surface area contributed by atoms with E-state index in [2.05, 4.69) is 15.3 Å². The number of aromatic amines is 1. The maximum absolute atomic E-state index is 12.4. The van der Waals surface area contributed by atoms with Crippen molar-refractivity contribution in [2.75, 3.05) is 19.0 Å². The number of carbonyl (C=O) groups is 1. The topological polar surface area (TPSA) is 78.1 Å². The standard InChI is InChI=1S/C20H20N4O2/c1-24(2)18-15(9-6-12-21-18)13-22-19(25)16-10-11-17(23-20(16)26)14-7-4-3-5-8-14/h3-12H,13H2,1-2H3,(H,22,25)(H,23,26). The molecule has 0 bridgehead atoms. The van der Waals surface area contributed by atoms with Gasteiger partial charge in [0.05, 0.1) is 0 Å². The van der Waals surface area contributed by atoms with E-state index in [0.29, 0.717) is 12.2 Å². The van der Waals surface area contributed by atoms with Gasteiger partial charge in [0.2, 0.25) is 0 Å². The highest BCUT2D eigenvalue weighted by molar-refractivity contribution is 5.94. The van der Waals surface area contributed by atoms with Crippen LogP contribution in [-0.4, -0.2) is 30.0 Å². The molecule has 0 saturated carbocycles. The number of hydrogen-bond donors (Lipinski definition) is 2. The Morgan fingerprint density at radius 1 is 1.08 bits per heavy atom. The third-order valence-electron chi connectivity index (χ3n) is 3.97. The van der Waals surface area contributed by atoms with Crippen LogP contribution in [0, 0.1) is 0 Å². The van der Waals surface area contributed by atoms with Crippen LogP contribution < -0.4 is 15.8 Å². The molecule has 0 spiro atoms. The summed E-state index contributed by atoms with van der Waals surface area (Å²) < 4.78 is 0. The number of H-pyrrole nitrogens is 1. The van der Waals surface area contributed by atoms with E-state index in [0.717, 1.165) is 16.9 Å². The van der Waals surface area contributed by atoms with E-state index in [1.165, 1.54) is 0 Å². The Kier molecular flexibility index (Phi) is 5.12. The molecule has 0 unspecified atom stereocenters. The van der Waals surface area contributed by atoms with Crippen LogP contribution in [0.1, 0.15) is 15.9 Å². The van der Waals surface area contributed by atoms with Crippen LogP contribution in [0.15, 0.2) is 65.6 Å². The molecule has 6 nitrogen and oxygen atoms in total. The van der Waals surface area contributed by atoms with E-state index < -0.39 is 11.5 Å². The van der Waals surface area contributed by atoms with Gasteiger partial charge in [-0.1, -0.05) is 36.4 Å². The molecule has 0 atom stereocenters. The van der Waals surface area contributed by atoms with Crippen molar-refractivity contribution in [3.05, 3.63) is 82.3 Å². The summed E-state index contributed by atoms with van der Waals surface area (Å²) in [7, 11) is 3.78. The lowest BCUT2D eigenvalue weighted by Crippen LogP contribution is -2.30. The van der Waals surface area contributed by atoms with Gasteiger partial charge in [-0.3, -0.25) is 9.59 Å². The van der Waals surface area contributed by atoms with E-state index in [4.69, 9.17) is 0 Å². The summed E-state index contributed by atoms with van der Waals surface area (Å²) in [6.45, 7) is 0.292. The summed E-state index contributed by atoms with van der Waals surface area (Å²) in [5, 5.41) is 2.78. The Morgan fingerprint density at radius 2 is 1.85 bits per heavy atom. The number of hydrogen-bond acceptors (Lipinski definition) is 4. The minimum Gasteiger partial charge on any atom is -0.362 e. The zero-order valence-corrected chi connectivity index (χ0v) is 14.7. The Morgan fingerprint density at radius 3 is 2.54 bits per heavy atom. The minimum atomic E-state index is -0.417. The predicted molar refractivity (Wildman–Crippen MR) is 102 cm³/mol. The predicted octanol–water partition coefficient (Wildman–Crippen LogP) is 2.43.